The molecule has 0 bridgehead atoms. The largest absolute Gasteiger partial charge is 0.469 e. The lowest BCUT2D eigenvalue weighted by Gasteiger charge is -2.10. The summed E-state index contributed by atoms with van der Waals surface area (Å²) in [6.45, 7) is 1.83. The van der Waals surface area contributed by atoms with Crippen molar-refractivity contribution in [3.8, 4) is 0 Å². The minimum Gasteiger partial charge on any atom is -0.469 e. The van der Waals surface area contributed by atoms with Crippen molar-refractivity contribution < 1.29 is 24.9 Å². The summed E-state index contributed by atoms with van der Waals surface area (Å²) in [5.41, 5.74) is 0. The molecule has 0 spiro atoms. The van der Waals surface area contributed by atoms with Crippen LogP contribution in [0.3, 0.4) is 0 Å². The van der Waals surface area contributed by atoms with Gasteiger partial charge < -0.3 is 20.1 Å². The fraction of sp³-hybridized carbons (Fsp3) is 0.960. The zero-order valence-electron chi connectivity index (χ0n) is 19.8. The summed E-state index contributed by atoms with van der Waals surface area (Å²) in [7, 11) is 1.35. The van der Waals surface area contributed by atoms with Gasteiger partial charge in [-0.3, -0.25) is 4.79 Å². The second-order valence-electron chi connectivity index (χ2n) is 9.04. The van der Waals surface area contributed by atoms with E-state index >= 15 is 0 Å². The van der Waals surface area contributed by atoms with E-state index in [9.17, 15) is 20.1 Å². The number of aliphatic hydroxyl groups is 3. The van der Waals surface area contributed by atoms with Crippen LogP contribution in [-0.4, -0.2) is 46.7 Å². The Morgan fingerprint density at radius 3 is 1.33 bits per heavy atom. The normalized spacial score (nSPS) is 14.4. The molecule has 0 saturated carbocycles. The number of rotatable bonds is 22. The number of esters is 1. The van der Waals surface area contributed by atoms with E-state index in [1.807, 2.05) is 6.92 Å². The highest BCUT2D eigenvalue weighted by atomic mass is 16.5. The molecule has 0 amide bonds. The Morgan fingerprint density at radius 2 is 0.933 bits per heavy atom. The molecule has 30 heavy (non-hydrogen) atoms. The van der Waals surface area contributed by atoms with Crippen LogP contribution < -0.4 is 0 Å². The van der Waals surface area contributed by atoms with Gasteiger partial charge >= 0.3 is 5.97 Å². The number of methoxy groups -OCH3 is 1. The highest BCUT2D eigenvalue weighted by molar-refractivity contribution is 5.69. The summed E-state index contributed by atoms with van der Waals surface area (Å²) in [6, 6.07) is 0. The lowest BCUT2D eigenvalue weighted by atomic mass is 10.0. The van der Waals surface area contributed by atoms with Crippen LogP contribution in [-0.2, 0) is 9.53 Å². The van der Waals surface area contributed by atoms with Crippen LogP contribution in [0.4, 0.5) is 0 Å². The molecule has 5 nitrogen and oxygen atoms in total. The van der Waals surface area contributed by atoms with E-state index in [1.165, 1.54) is 58.5 Å². The Bertz CT molecular complexity index is 373. The Hall–Kier alpha value is -0.650. The third kappa shape index (κ3) is 22.0. The van der Waals surface area contributed by atoms with E-state index in [-0.39, 0.29) is 24.6 Å². The first kappa shape index (κ1) is 29.4. The minimum absolute atomic E-state index is 0.111. The van der Waals surface area contributed by atoms with Gasteiger partial charge in [-0.15, -0.1) is 0 Å². The SMILES string of the molecule is COC(=O)CC(O)CCCCCCCCCCCCCC(O)CCCCCC(C)O. The molecule has 0 aromatic carbocycles. The van der Waals surface area contributed by atoms with Gasteiger partial charge in [0.25, 0.3) is 0 Å². The van der Waals surface area contributed by atoms with Crippen molar-refractivity contribution in [2.45, 2.75) is 147 Å². The standard InChI is InChI=1S/C25H50O5/c1-22(26)17-13-12-16-19-23(27)18-14-10-8-6-4-3-5-7-9-11-15-20-24(28)21-25(29)30-2/h22-24,26-28H,3-21H2,1-2H3. The van der Waals surface area contributed by atoms with Crippen molar-refractivity contribution in [3.05, 3.63) is 0 Å². The highest BCUT2D eigenvalue weighted by Crippen LogP contribution is 2.15. The molecule has 3 atom stereocenters. The summed E-state index contributed by atoms with van der Waals surface area (Å²) in [4.78, 5) is 11.0. The van der Waals surface area contributed by atoms with Gasteiger partial charge in [0.2, 0.25) is 0 Å². The number of hydrogen-bond donors (Lipinski definition) is 3. The third-order valence-electron chi connectivity index (χ3n) is 5.86. The van der Waals surface area contributed by atoms with Gasteiger partial charge in [0.1, 0.15) is 0 Å². The minimum atomic E-state index is -0.556. The quantitative estimate of drug-likeness (QED) is 0.152. The molecular weight excluding hydrogens is 380 g/mol. The Labute approximate surface area is 185 Å². The van der Waals surface area contributed by atoms with E-state index in [4.69, 9.17) is 0 Å². The average molecular weight is 431 g/mol. The fourth-order valence-corrected chi connectivity index (χ4v) is 3.87. The van der Waals surface area contributed by atoms with Crippen molar-refractivity contribution in [3.63, 3.8) is 0 Å². The van der Waals surface area contributed by atoms with Crippen LogP contribution in [0.25, 0.3) is 0 Å². The maximum absolute atomic E-state index is 11.0. The zero-order chi connectivity index (χ0) is 22.5. The molecule has 3 N–H and O–H groups in total. The van der Waals surface area contributed by atoms with Crippen LogP contribution in [0, 0.1) is 0 Å². The number of ether oxygens (including phenoxy) is 1. The molecule has 3 unspecified atom stereocenters. The molecule has 5 heteroatoms. The number of carbonyl (C=O) groups is 1. The molecule has 0 radical (unpaired) electrons. The second-order valence-corrected chi connectivity index (χ2v) is 9.04. The molecule has 0 aliphatic heterocycles. The van der Waals surface area contributed by atoms with E-state index in [0.717, 1.165) is 57.8 Å². The molecule has 0 fully saturated rings. The van der Waals surface area contributed by atoms with E-state index < -0.39 is 6.10 Å². The molecule has 180 valence electrons. The smallest absolute Gasteiger partial charge is 0.308 e. The first-order valence-corrected chi connectivity index (χ1v) is 12.6. The summed E-state index contributed by atoms with van der Waals surface area (Å²) in [5, 5.41) is 28.9. The number of hydrogen-bond acceptors (Lipinski definition) is 5. The van der Waals surface area contributed by atoms with Crippen molar-refractivity contribution in [2.24, 2.45) is 0 Å². The summed E-state index contributed by atoms with van der Waals surface area (Å²) < 4.78 is 4.56. The molecule has 0 rings (SSSR count). The van der Waals surface area contributed by atoms with Crippen LogP contribution in [0.1, 0.15) is 129 Å². The topological polar surface area (TPSA) is 87.0 Å². The average Bonchev–Trinajstić information content (AvgIpc) is 2.70. The Kier molecular flexibility index (Phi) is 21.1. The molecule has 0 saturated heterocycles. The van der Waals surface area contributed by atoms with Gasteiger partial charge in [-0.2, -0.15) is 0 Å². The number of aliphatic hydroxyl groups excluding tert-OH is 3. The van der Waals surface area contributed by atoms with Crippen LogP contribution >= 0.6 is 0 Å². The van der Waals surface area contributed by atoms with Crippen LogP contribution in [0.15, 0.2) is 0 Å². The highest BCUT2D eigenvalue weighted by Gasteiger charge is 2.10. The van der Waals surface area contributed by atoms with Crippen molar-refractivity contribution in [1.29, 1.82) is 0 Å². The maximum Gasteiger partial charge on any atom is 0.308 e. The summed E-state index contributed by atoms with van der Waals surface area (Å²) >= 11 is 0. The Balaban J connectivity index is 3.23. The van der Waals surface area contributed by atoms with Gasteiger partial charge in [0.05, 0.1) is 31.8 Å². The molecular formula is C25H50O5. The lowest BCUT2D eigenvalue weighted by Crippen LogP contribution is -2.14. The van der Waals surface area contributed by atoms with Gasteiger partial charge in [0.15, 0.2) is 0 Å². The van der Waals surface area contributed by atoms with Crippen molar-refractivity contribution in [2.75, 3.05) is 7.11 Å². The summed E-state index contributed by atoms with van der Waals surface area (Å²) in [5.74, 6) is -0.335. The summed E-state index contributed by atoms with van der Waals surface area (Å²) in [6.07, 6.45) is 19.3. The second kappa shape index (κ2) is 21.6. The first-order chi connectivity index (χ1) is 14.5. The first-order valence-electron chi connectivity index (χ1n) is 12.6. The lowest BCUT2D eigenvalue weighted by molar-refractivity contribution is -0.142. The van der Waals surface area contributed by atoms with Crippen molar-refractivity contribution >= 4 is 5.97 Å². The van der Waals surface area contributed by atoms with E-state index in [0.29, 0.717) is 6.42 Å². The van der Waals surface area contributed by atoms with Gasteiger partial charge in [0, 0.05) is 0 Å². The monoisotopic (exact) mass is 430 g/mol. The predicted octanol–water partition coefficient (Wildman–Crippen LogP) is 5.67. The molecule has 0 aliphatic carbocycles. The van der Waals surface area contributed by atoms with Crippen LogP contribution in [0.5, 0.6) is 0 Å². The van der Waals surface area contributed by atoms with Gasteiger partial charge in [-0.05, 0) is 32.6 Å². The van der Waals surface area contributed by atoms with E-state index in [2.05, 4.69) is 4.74 Å². The third-order valence-corrected chi connectivity index (χ3v) is 5.86. The molecule has 0 heterocycles. The van der Waals surface area contributed by atoms with Crippen molar-refractivity contribution in [1.82, 2.24) is 0 Å². The predicted molar refractivity (Wildman–Crippen MR) is 123 cm³/mol. The fourth-order valence-electron chi connectivity index (χ4n) is 3.87. The Morgan fingerprint density at radius 1 is 0.600 bits per heavy atom. The maximum atomic E-state index is 11.0. The molecule has 0 aromatic heterocycles. The van der Waals surface area contributed by atoms with Gasteiger partial charge in [-0.25, -0.2) is 0 Å². The molecule has 0 aliphatic rings. The van der Waals surface area contributed by atoms with Gasteiger partial charge in [-0.1, -0.05) is 89.9 Å². The van der Waals surface area contributed by atoms with Crippen LogP contribution in [0.2, 0.25) is 0 Å². The number of carbonyl (C=O) groups excluding carboxylic acids is 1. The van der Waals surface area contributed by atoms with E-state index in [1.54, 1.807) is 0 Å². The molecule has 0 aromatic rings. The zero-order valence-corrected chi connectivity index (χ0v) is 19.8. The number of unbranched alkanes of at least 4 members (excludes halogenated alkanes) is 12.